The molecule has 0 aliphatic rings. The van der Waals surface area contributed by atoms with Crippen LogP contribution in [0.15, 0.2) is 40.4 Å². The average molecular weight is 236 g/mol. The van der Waals surface area contributed by atoms with E-state index in [1.54, 1.807) is 18.5 Å². The van der Waals surface area contributed by atoms with Crippen molar-refractivity contribution in [2.75, 3.05) is 0 Å². The van der Waals surface area contributed by atoms with Crippen LogP contribution in [0.4, 0.5) is 0 Å². The number of aromatic carboxylic acids is 1. The summed E-state index contributed by atoms with van der Waals surface area (Å²) in [6.07, 6.45) is 4.88. The number of H-pyrrole nitrogens is 2. The van der Waals surface area contributed by atoms with E-state index in [1.807, 2.05) is 9.97 Å². The second kappa shape index (κ2) is 5.95. The van der Waals surface area contributed by atoms with Crippen LogP contribution in [0.3, 0.4) is 0 Å². The van der Waals surface area contributed by atoms with Crippen molar-refractivity contribution >= 4 is 5.97 Å². The third-order valence-corrected chi connectivity index (χ3v) is 1.47. The SMILES string of the molecule is O=C(O)c1cc(=O)[nH]c(=O)[nH]1.c1cncnc1. The molecule has 8 nitrogen and oxygen atoms in total. The van der Waals surface area contributed by atoms with Crippen LogP contribution in [0.1, 0.15) is 10.5 Å². The molecule has 0 fully saturated rings. The lowest BCUT2D eigenvalue weighted by atomic mass is 10.4. The molecule has 0 amide bonds. The average Bonchev–Trinajstić information content (AvgIpc) is 2.31. The Hall–Kier alpha value is -2.77. The van der Waals surface area contributed by atoms with Gasteiger partial charge in [-0.25, -0.2) is 19.6 Å². The number of aromatic amines is 2. The fraction of sp³-hybridized carbons (Fsp3) is 0. The maximum absolute atomic E-state index is 10.5. The van der Waals surface area contributed by atoms with Gasteiger partial charge >= 0.3 is 11.7 Å². The highest BCUT2D eigenvalue weighted by Crippen LogP contribution is 1.81. The topological polar surface area (TPSA) is 129 Å². The van der Waals surface area contributed by atoms with Crippen molar-refractivity contribution in [2.45, 2.75) is 0 Å². The molecule has 8 heteroatoms. The molecule has 0 bridgehead atoms. The molecule has 0 saturated carbocycles. The molecular formula is C9H8N4O4. The molecule has 0 unspecified atom stereocenters. The Balaban J connectivity index is 0.000000202. The zero-order chi connectivity index (χ0) is 12.7. The van der Waals surface area contributed by atoms with Gasteiger partial charge in [-0.2, -0.15) is 0 Å². The largest absolute Gasteiger partial charge is 0.477 e. The molecule has 0 saturated heterocycles. The predicted molar refractivity (Wildman–Crippen MR) is 56.7 cm³/mol. The van der Waals surface area contributed by atoms with Crippen LogP contribution in [0.25, 0.3) is 0 Å². The lowest BCUT2D eigenvalue weighted by molar-refractivity contribution is 0.0689. The molecule has 0 aliphatic heterocycles. The molecule has 2 aromatic rings. The number of nitrogens with zero attached hydrogens (tertiary/aromatic N) is 2. The predicted octanol–water partition coefficient (Wildman–Crippen LogP) is -0.762. The summed E-state index contributed by atoms with van der Waals surface area (Å²) >= 11 is 0. The van der Waals surface area contributed by atoms with E-state index in [1.165, 1.54) is 6.33 Å². The number of carboxylic acids is 1. The van der Waals surface area contributed by atoms with Crippen molar-refractivity contribution in [3.05, 3.63) is 57.4 Å². The Morgan fingerprint density at radius 1 is 1.18 bits per heavy atom. The Bertz CT molecular complexity index is 535. The van der Waals surface area contributed by atoms with Crippen molar-refractivity contribution < 1.29 is 9.90 Å². The van der Waals surface area contributed by atoms with Crippen LogP contribution in [-0.2, 0) is 0 Å². The maximum atomic E-state index is 10.5. The van der Waals surface area contributed by atoms with Crippen LogP contribution in [0, 0.1) is 0 Å². The van der Waals surface area contributed by atoms with Crippen LogP contribution in [0.2, 0.25) is 0 Å². The van der Waals surface area contributed by atoms with E-state index in [9.17, 15) is 14.4 Å². The number of aromatic nitrogens is 4. The normalized spacial score (nSPS) is 8.94. The molecule has 2 heterocycles. The summed E-state index contributed by atoms with van der Waals surface area (Å²) in [5.74, 6) is -1.34. The molecule has 0 atom stereocenters. The quantitative estimate of drug-likeness (QED) is 0.596. The molecule has 3 N–H and O–H groups in total. The fourth-order valence-corrected chi connectivity index (χ4v) is 0.837. The monoisotopic (exact) mass is 236 g/mol. The van der Waals surface area contributed by atoms with E-state index in [4.69, 9.17) is 5.11 Å². The van der Waals surface area contributed by atoms with E-state index >= 15 is 0 Å². The summed E-state index contributed by atoms with van der Waals surface area (Å²) in [5, 5.41) is 8.31. The summed E-state index contributed by atoms with van der Waals surface area (Å²) in [5.41, 5.74) is -1.97. The first-order valence-electron chi connectivity index (χ1n) is 4.36. The molecule has 0 spiro atoms. The van der Waals surface area contributed by atoms with Crippen molar-refractivity contribution in [3.63, 3.8) is 0 Å². The van der Waals surface area contributed by atoms with Crippen LogP contribution >= 0.6 is 0 Å². The molecule has 2 aromatic heterocycles. The summed E-state index contributed by atoms with van der Waals surface area (Å²) in [6.45, 7) is 0. The number of carbonyl (C=O) groups is 1. The number of hydrogen-bond donors (Lipinski definition) is 3. The minimum atomic E-state index is -1.34. The Kier molecular flexibility index (Phi) is 4.31. The number of nitrogens with one attached hydrogen (secondary N) is 2. The smallest absolute Gasteiger partial charge is 0.352 e. The first-order valence-corrected chi connectivity index (χ1v) is 4.36. The Morgan fingerprint density at radius 2 is 1.82 bits per heavy atom. The van der Waals surface area contributed by atoms with Crippen LogP contribution in [0.5, 0.6) is 0 Å². The summed E-state index contributed by atoms with van der Waals surface area (Å²) in [4.78, 5) is 42.2. The third-order valence-electron chi connectivity index (χ3n) is 1.47. The summed E-state index contributed by atoms with van der Waals surface area (Å²) in [7, 11) is 0. The van der Waals surface area contributed by atoms with Gasteiger partial charge in [0.2, 0.25) is 0 Å². The van der Waals surface area contributed by atoms with Gasteiger partial charge in [-0.05, 0) is 6.07 Å². The van der Waals surface area contributed by atoms with E-state index < -0.39 is 22.9 Å². The zero-order valence-corrected chi connectivity index (χ0v) is 8.45. The standard InChI is InChI=1S/C5H4N2O4.C4H4N2/c8-3-1-2(4(9)10)6-5(11)7-3;1-2-5-4-6-3-1/h1H,(H,9,10)(H2,6,7,8,11);1-4H. The van der Waals surface area contributed by atoms with Crippen molar-refractivity contribution in [2.24, 2.45) is 0 Å². The summed E-state index contributed by atoms with van der Waals surface area (Å²) < 4.78 is 0. The van der Waals surface area contributed by atoms with Gasteiger partial charge in [0, 0.05) is 18.5 Å². The van der Waals surface area contributed by atoms with Gasteiger partial charge in [-0.1, -0.05) is 0 Å². The molecule has 0 aromatic carbocycles. The van der Waals surface area contributed by atoms with Gasteiger partial charge < -0.3 is 10.1 Å². The minimum absolute atomic E-state index is 0.418. The number of carboxylic acid groups (broad SMARTS) is 1. The molecule has 0 radical (unpaired) electrons. The maximum Gasteiger partial charge on any atom is 0.352 e. The van der Waals surface area contributed by atoms with Crippen LogP contribution < -0.4 is 11.2 Å². The first-order chi connectivity index (χ1) is 8.09. The first kappa shape index (κ1) is 12.3. The van der Waals surface area contributed by atoms with Gasteiger partial charge in [0.25, 0.3) is 5.56 Å². The van der Waals surface area contributed by atoms with Gasteiger partial charge in [0.1, 0.15) is 12.0 Å². The molecular weight excluding hydrogens is 228 g/mol. The second-order valence-electron chi connectivity index (χ2n) is 2.71. The highest BCUT2D eigenvalue weighted by atomic mass is 16.4. The lowest BCUT2D eigenvalue weighted by Gasteiger charge is -1.89. The van der Waals surface area contributed by atoms with E-state index in [0.29, 0.717) is 0 Å². The van der Waals surface area contributed by atoms with Gasteiger partial charge in [-0.15, -0.1) is 0 Å². The van der Waals surface area contributed by atoms with E-state index in [2.05, 4.69) is 9.97 Å². The van der Waals surface area contributed by atoms with E-state index in [-0.39, 0.29) is 0 Å². The highest BCUT2D eigenvalue weighted by Gasteiger charge is 2.03. The van der Waals surface area contributed by atoms with Crippen LogP contribution in [-0.4, -0.2) is 31.0 Å². The fourth-order valence-electron chi connectivity index (χ4n) is 0.837. The van der Waals surface area contributed by atoms with Gasteiger partial charge in [0.15, 0.2) is 0 Å². The lowest BCUT2D eigenvalue weighted by Crippen LogP contribution is -2.24. The Labute approximate surface area is 94.0 Å². The Morgan fingerprint density at radius 3 is 2.18 bits per heavy atom. The van der Waals surface area contributed by atoms with Crippen molar-refractivity contribution in [3.8, 4) is 0 Å². The van der Waals surface area contributed by atoms with Gasteiger partial charge in [-0.3, -0.25) is 9.78 Å². The second-order valence-corrected chi connectivity index (χ2v) is 2.71. The number of rotatable bonds is 1. The summed E-state index contributed by atoms with van der Waals surface area (Å²) in [6, 6.07) is 2.57. The van der Waals surface area contributed by atoms with Crippen molar-refractivity contribution in [1.29, 1.82) is 0 Å². The molecule has 88 valence electrons. The van der Waals surface area contributed by atoms with Crippen molar-refractivity contribution in [1.82, 2.24) is 19.9 Å². The zero-order valence-electron chi connectivity index (χ0n) is 8.45. The minimum Gasteiger partial charge on any atom is -0.477 e. The molecule has 2 rings (SSSR count). The molecule has 17 heavy (non-hydrogen) atoms. The third kappa shape index (κ3) is 4.51. The highest BCUT2D eigenvalue weighted by molar-refractivity contribution is 5.84. The number of hydrogen-bond acceptors (Lipinski definition) is 5. The molecule has 0 aliphatic carbocycles. The van der Waals surface area contributed by atoms with Gasteiger partial charge in [0.05, 0.1) is 0 Å². The van der Waals surface area contributed by atoms with E-state index in [0.717, 1.165) is 6.07 Å².